The molecule has 0 aliphatic carbocycles. The molecular formula is C25H25FN2O3. The molecule has 0 aromatic heterocycles. The Morgan fingerprint density at radius 1 is 0.968 bits per heavy atom. The first-order chi connectivity index (χ1) is 15.0. The Labute approximate surface area is 181 Å². The van der Waals surface area contributed by atoms with Crippen molar-refractivity contribution in [3.63, 3.8) is 0 Å². The minimum absolute atomic E-state index is 0.122. The second-order valence-electron chi connectivity index (χ2n) is 7.12. The molecule has 0 fully saturated rings. The van der Waals surface area contributed by atoms with Crippen LogP contribution in [0, 0.1) is 5.82 Å². The van der Waals surface area contributed by atoms with E-state index in [-0.39, 0.29) is 36.6 Å². The summed E-state index contributed by atoms with van der Waals surface area (Å²) in [5, 5.41) is 5.81. The van der Waals surface area contributed by atoms with E-state index in [2.05, 4.69) is 10.6 Å². The Morgan fingerprint density at radius 3 is 2.48 bits per heavy atom. The van der Waals surface area contributed by atoms with Crippen LogP contribution in [0.25, 0.3) is 0 Å². The third-order valence-electron chi connectivity index (χ3n) is 4.70. The second kappa shape index (κ2) is 10.9. The van der Waals surface area contributed by atoms with Gasteiger partial charge in [-0.1, -0.05) is 42.5 Å². The molecule has 0 aliphatic rings. The fourth-order valence-corrected chi connectivity index (χ4v) is 3.05. The van der Waals surface area contributed by atoms with Gasteiger partial charge >= 0.3 is 0 Å². The van der Waals surface area contributed by atoms with Gasteiger partial charge in [0.25, 0.3) is 5.91 Å². The van der Waals surface area contributed by atoms with Crippen LogP contribution in [0.3, 0.4) is 0 Å². The van der Waals surface area contributed by atoms with E-state index < -0.39 is 5.82 Å². The average Bonchev–Trinajstić information content (AvgIpc) is 2.78. The maximum absolute atomic E-state index is 13.5. The number of carbonyl (C=O) groups excluding carboxylic acids is 2. The van der Waals surface area contributed by atoms with Gasteiger partial charge < -0.3 is 15.4 Å². The lowest BCUT2D eigenvalue weighted by atomic mass is 10.1. The van der Waals surface area contributed by atoms with Gasteiger partial charge in [-0.25, -0.2) is 4.39 Å². The molecular weight excluding hydrogens is 395 g/mol. The van der Waals surface area contributed by atoms with Crippen LogP contribution in [0.5, 0.6) is 5.75 Å². The smallest absolute Gasteiger partial charge is 0.255 e. The molecule has 3 rings (SSSR count). The molecule has 5 nitrogen and oxygen atoms in total. The molecule has 2 N–H and O–H groups in total. The summed E-state index contributed by atoms with van der Waals surface area (Å²) in [5.74, 6) is -0.543. The Bertz CT molecular complexity index is 1020. The SMILES string of the molecule is CC(NC(=O)CCCOc1ccccc1F)c1cccc(NC(=O)c2ccccc2)c1. The number of carbonyl (C=O) groups is 2. The van der Waals surface area contributed by atoms with Crippen LogP contribution in [0.1, 0.15) is 41.7 Å². The topological polar surface area (TPSA) is 67.4 Å². The fraction of sp³-hybridized carbons (Fsp3) is 0.200. The van der Waals surface area contributed by atoms with Gasteiger partial charge in [-0.15, -0.1) is 0 Å². The highest BCUT2D eigenvalue weighted by Gasteiger charge is 2.12. The normalized spacial score (nSPS) is 11.4. The van der Waals surface area contributed by atoms with E-state index in [1.54, 1.807) is 36.4 Å². The number of hydrogen-bond donors (Lipinski definition) is 2. The molecule has 3 aromatic carbocycles. The molecule has 1 atom stereocenters. The molecule has 6 heteroatoms. The molecule has 31 heavy (non-hydrogen) atoms. The zero-order valence-electron chi connectivity index (χ0n) is 17.3. The largest absolute Gasteiger partial charge is 0.491 e. The van der Waals surface area contributed by atoms with Gasteiger partial charge in [-0.3, -0.25) is 9.59 Å². The van der Waals surface area contributed by atoms with Gasteiger partial charge in [0.15, 0.2) is 11.6 Å². The van der Waals surface area contributed by atoms with Gasteiger partial charge in [-0.2, -0.15) is 0 Å². The van der Waals surface area contributed by atoms with Gasteiger partial charge in [0.1, 0.15) is 0 Å². The predicted molar refractivity (Wildman–Crippen MR) is 119 cm³/mol. The first kappa shape index (κ1) is 22.0. The molecule has 0 spiro atoms. The van der Waals surface area contributed by atoms with Crippen molar-refractivity contribution in [1.29, 1.82) is 0 Å². The number of hydrogen-bond acceptors (Lipinski definition) is 3. The van der Waals surface area contributed by atoms with E-state index in [1.165, 1.54) is 6.07 Å². The summed E-state index contributed by atoms with van der Waals surface area (Å²) >= 11 is 0. The van der Waals surface area contributed by atoms with Crippen molar-refractivity contribution in [3.05, 3.63) is 95.8 Å². The highest BCUT2D eigenvalue weighted by Crippen LogP contribution is 2.19. The summed E-state index contributed by atoms with van der Waals surface area (Å²) in [6, 6.07) is 22.3. The number of nitrogens with one attached hydrogen (secondary N) is 2. The monoisotopic (exact) mass is 420 g/mol. The lowest BCUT2D eigenvalue weighted by Crippen LogP contribution is -2.26. The van der Waals surface area contributed by atoms with Crippen molar-refractivity contribution in [2.24, 2.45) is 0 Å². The van der Waals surface area contributed by atoms with Crippen LogP contribution in [-0.2, 0) is 4.79 Å². The van der Waals surface area contributed by atoms with Crippen molar-refractivity contribution < 1.29 is 18.7 Å². The van der Waals surface area contributed by atoms with E-state index >= 15 is 0 Å². The Kier molecular flexibility index (Phi) is 7.76. The van der Waals surface area contributed by atoms with Gasteiger partial charge in [-0.05, 0) is 55.3 Å². The summed E-state index contributed by atoms with van der Waals surface area (Å²) in [4.78, 5) is 24.6. The number of ether oxygens (including phenoxy) is 1. The molecule has 2 amide bonds. The van der Waals surface area contributed by atoms with Crippen molar-refractivity contribution in [1.82, 2.24) is 5.32 Å². The zero-order chi connectivity index (χ0) is 22.1. The number of rotatable bonds is 9. The van der Waals surface area contributed by atoms with E-state index in [4.69, 9.17) is 4.74 Å². The van der Waals surface area contributed by atoms with Crippen LogP contribution in [0.15, 0.2) is 78.9 Å². The van der Waals surface area contributed by atoms with Crippen molar-refractivity contribution in [2.45, 2.75) is 25.8 Å². The summed E-state index contributed by atoms with van der Waals surface area (Å²) in [5.41, 5.74) is 2.11. The Hall–Kier alpha value is -3.67. The number of anilines is 1. The quantitative estimate of drug-likeness (QED) is 0.473. The first-order valence-corrected chi connectivity index (χ1v) is 10.2. The highest BCUT2D eigenvalue weighted by molar-refractivity contribution is 6.04. The van der Waals surface area contributed by atoms with E-state index in [0.29, 0.717) is 17.7 Å². The number of amides is 2. The third kappa shape index (κ3) is 6.67. The van der Waals surface area contributed by atoms with Crippen LogP contribution < -0.4 is 15.4 Å². The summed E-state index contributed by atoms with van der Waals surface area (Å²) in [7, 11) is 0. The molecule has 3 aromatic rings. The van der Waals surface area contributed by atoms with Crippen LogP contribution >= 0.6 is 0 Å². The number of para-hydroxylation sites is 1. The predicted octanol–water partition coefficient (Wildman–Crippen LogP) is 5.11. The fourth-order valence-electron chi connectivity index (χ4n) is 3.05. The average molecular weight is 420 g/mol. The highest BCUT2D eigenvalue weighted by atomic mass is 19.1. The van der Waals surface area contributed by atoms with E-state index in [9.17, 15) is 14.0 Å². The molecule has 0 saturated heterocycles. The number of halogens is 1. The zero-order valence-corrected chi connectivity index (χ0v) is 17.3. The van der Waals surface area contributed by atoms with E-state index in [0.717, 1.165) is 5.56 Å². The minimum atomic E-state index is -0.417. The summed E-state index contributed by atoms with van der Waals surface area (Å²) in [6.45, 7) is 2.13. The maximum Gasteiger partial charge on any atom is 0.255 e. The Balaban J connectivity index is 1.47. The van der Waals surface area contributed by atoms with Crippen molar-refractivity contribution >= 4 is 17.5 Å². The lowest BCUT2D eigenvalue weighted by Gasteiger charge is -2.16. The van der Waals surface area contributed by atoms with Crippen LogP contribution in [-0.4, -0.2) is 18.4 Å². The van der Waals surface area contributed by atoms with Crippen molar-refractivity contribution in [3.8, 4) is 5.75 Å². The molecule has 160 valence electrons. The molecule has 0 bridgehead atoms. The molecule has 0 heterocycles. The van der Waals surface area contributed by atoms with Gasteiger partial charge in [0, 0.05) is 17.7 Å². The second-order valence-corrected chi connectivity index (χ2v) is 7.12. The number of benzene rings is 3. The van der Waals surface area contributed by atoms with Gasteiger partial charge in [0.05, 0.1) is 12.6 Å². The van der Waals surface area contributed by atoms with Crippen LogP contribution in [0.2, 0.25) is 0 Å². The first-order valence-electron chi connectivity index (χ1n) is 10.2. The minimum Gasteiger partial charge on any atom is -0.491 e. The lowest BCUT2D eigenvalue weighted by molar-refractivity contribution is -0.121. The Morgan fingerprint density at radius 2 is 1.71 bits per heavy atom. The van der Waals surface area contributed by atoms with E-state index in [1.807, 2.05) is 43.3 Å². The molecule has 0 aliphatic heterocycles. The molecule has 1 unspecified atom stereocenters. The molecule has 0 radical (unpaired) electrons. The van der Waals surface area contributed by atoms with Gasteiger partial charge in [0.2, 0.25) is 5.91 Å². The molecule has 0 saturated carbocycles. The maximum atomic E-state index is 13.5. The summed E-state index contributed by atoms with van der Waals surface area (Å²) in [6.07, 6.45) is 0.739. The third-order valence-corrected chi connectivity index (χ3v) is 4.70. The standard InChI is InChI=1S/C25H25FN2O3/c1-18(27-24(29)15-8-16-31-23-14-6-5-13-22(23)26)20-11-7-12-21(17-20)28-25(30)19-9-3-2-4-10-19/h2-7,9-14,17-18H,8,15-16H2,1H3,(H,27,29)(H,28,30). The van der Waals surface area contributed by atoms with Crippen molar-refractivity contribution in [2.75, 3.05) is 11.9 Å². The summed E-state index contributed by atoms with van der Waals surface area (Å²) < 4.78 is 18.9. The van der Waals surface area contributed by atoms with Crippen LogP contribution in [0.4, 0.5) is 10.1 Å².